The molecule has 2 aromatic carbocycles. The fraction of sp³-hybridized carbons (Fsp3) is 0.467. The van der Waals surface area contributed by atoms with E-state index in [1.54, 1.807) is 25.3 Å². The first-order chi connectivity index (χ1) is 18.3. The molecule has 1 atom stereocenters. The van der Waals surface area contributed by atoms with Crippen molar-refractivity contribution in [1.82, 2.24) is 9.88 Å². The second-order valence-corrected chi connectivity index (χ2v) is 11.3. The van der Waals surface area contributed by atoms with Crippen LogP contribution in [-0.4, -0.2) is 59.6 Å². The van der Waals surface area contributed by atoms with Gasteiger partial charge in [0, 0.05) is 36.8 Å². The number of methoxy groups -OCH3 is 1. The number of carbonyl (C=O) groups is 1. The first-order valence-corrected chi connectivity index (χ1v) is 13.9. The van der Waals surface area contributed by atoms with Crippen molar-refractivity contribution in [2.75, 3.05) is 32.1 Å². The molecule has 0 bridgehead atoms. The summed E-state index contributed by atoms with van der Waals surface area (Å²) in [5.41, 5.74) is 10.1. The Kier molecular flexibility index (Phi) is 8.07. The number of nitrogens with one attached hydrogen (secondary N) is 1. The number of carbonyl (C=O) groups excluding carboxylic acids is 1. The van der Waals surface area contributed by atoms with Crippen LogP contribution in [0.1, 0.15) is 55.8 Å². The number of benzene rings is 2. The minimum atomic E-state index is -0.0830. The summed E-state index contributed by atoms with van der Waals surface area (Å²) in [6, 6.07) is 10.0. The van der Waals surface area contributed by atoms with E-state index in [1.807, 2.05) is 18.2 Å². The van der Waals surface area contributed by atoms with E-state index in [-0.39, 0.29) is 16.6 Å². The van der Waals surface area contributed by atoms with Crippen molar-refractivity contribution in [3.05, 3.63) is 47.1 Å². The molecule has 5 rings (SSSR count). The van der Waals surface area contributed by atoms with Crippen molar-refractivity contribution < 1.29 is 14.6 Å². The molecular weight excluding hydrogens is 500 g/mol. The number of likely N-dealkylation sites (tertiary alicyclic amines) is 1. The van der Waals surface area contributed by atoms with E-state index in [0.717, 1.165) is 66.6 Å². The standard InChI is InChI=1S/C30H37ClN4O3/c1-18(36)25-15-33-27-10-7-20(21-13-26(31)30(37)28(14-21)38-2)12-24(27)29(25)34-23-8-5-19(6-9-23)16-35-11-3-4-22(32)17-35/h7,10,12-15,19,22-23,37H,3-6,8-9,11,16-17,32H2,1-2H3,(H,33,34). The van der Waals surface area contributed by atoms with Crippen LogP contribution in [0, 0.1) is 5.92 Å². The van der Waals surface area contributed by atoms with Gasteiger partial charge in [-0.1, -0.05) is 17.7 Å². The third-order valence-electron chi connectivity index (χ3n) is 8.08. The molecule has 1 aliphatic heterocycles. The van der Waals surface area contributed by atoms with Crippen molar-refractivity contribution in [2.24, 2.45) is 11.7 Å². The fourth-order valence-corrected chi connectivity index (χ4v) is 6.22. The van der Waals surface area contributed by atoms with E-state index < -0.39 is 0 Å². The van der Waals surface area contributed by atoms with Crippen LogP contribution in [0.4, 0.5) is 5.69 Å². The van der Waals surface area contributed by atoms with Crippen LogP contribution < -0.4 is 15.8 Å². The molecule has 2 fully saturated rings. The third kappa shape index (κ3) is 5.75. The zero-order chi connectivity index (χ0) is 26.8. The molecule has 3 aromatic rings. The SMILES string of the molecule is COc1cc(-c2ccc3ncc(C(C)=O)c(NC4CCC(CN5CCCC(N)C5)CC4)c3c2)cc(Cl)c1O. The lowest BCUT2D eigenvalue weighted by Crippen LogP contribution is -2.45. The molecule has 38 heavy (non-hydrogen) atoms. The third-order valence-corrected chi connectivity index (χ3v) is 8.37. The Morgan fingerprint density at radius 2 is 1.97 bits per heavy atom. The number of phenolic OH excluding ortho intramolecular Hbond substituents is 1. The molecule has 202 valence electrons. The number of hydrogen-bond donors (Lipinski definition) is 3. The molecule has 1 unspecified atom stereocenters. The summed E-state index contributed by atoms with van der Waals surface area (Å²) < 4.78 is 5.30. The molecule has 8 heteroatoms. The van der Waals surface area contributed by atoms with Gasteiger partial charge in [-0.25, -0.2) is 0 Å². The number of nitrogens with zero attached hydrogens (tertiary/aromatic N) is 2. The predicted molar refractivity (Wildman–Crippen MR) is 153 cm³/mol. The van der Waals surface area contributed by atoms with Crippen molar-refractivity contribution in [3.8, 4) is 22.6 Å². The van der Waals surface area contributed by atoms with Crippen LogP contribution in [0.25, 0.3) is 22.0 Å². The van der Waals surface area contributed by atoms with E-state index in [1.165, 1.54) is 26.4 Å². The van der Waals surface area contributed by atoms with Gasteiger partial charge in [-0.3, -0.25) is 9.78 Å². The molecule has 2 aliphatic rings. The molecular formula is C30H37ClN4O3. The van der Waals surface area contributed by atoms with E-state index in [9.17, 15) is 9.90 Å². The summed E-state index contributed by atoms with van der Waals surface area (Å²) in [6.45, 7) is 4.91. The van der Waals surface area contributed by atoms with Crippen LogP contribution >= 0.6 is 11.6 Å². The fourth-order valence-electron chi connectivity index (χ4n) is 6.01. The lowest BCUT2D eigenvalue weighted by atomic mass is 9.85. The average Bonchev–Trinajstić information content (AvgIpc) is 2.91. The van der Waals surface area contributed by atoms with Crippen molar-refractivity contribution in [3.63, 3.8) is 0 Å². The van der Waals surface area contributed by atoms with Crippen LogP contribution in [0.5, 0.6) is 11.5 Å². The second kappa shape index (κ2) is 11.5. The number of hydrogen-bond acceptors (Lipinski definition) is 7. The van der Waals surface area contributed by atoms with Gasteiger partial charge in [0.15, 0.2) is 17.3 Å². The normalized spacial score (nSPS) is 22.4. The zero-order valence-corrected chi connectivity index (χ0v) is 22.9. The first kappa shape index (κ1) is 26.7. The van der Waals surface area contributed by atoms with Gasteiger partial charge in [0.2, 0.25) is 0 Å². The van der Waals surface area contributed by atoms with Gasteiger partial charge >= 0.3 is 0 Å². The summed E-state index contributed by atoms with van der Waals surface area (Å²) in [5.74, 6) is 0.905. The monoisotopic (exact) mass is 536 g/mol. The Morgan fingerprint density at radius 3 is 2.68 bits per heavy atom. The highest BCUT2D eigenvalue weighted by molar-refractivity contribution is 6.32. The summed E-state index contributed by atoms with van der Waals surface area (Å²) in [7, 11) is 1.50. The molecule has 0 amide bonds. The molecule has 0 radical (unpaired) electrons. The van der Waals surface area contributed by atoms with Gasteiger partial charge in [-0.2, -0.15) is 0 Å². The zero-order valence-electron chi connectivity index (χ0n) is 22.2. The van der Waals surface area contributed by atoms with Crippen molar-refractivity contribution in [1.29, 1.82) is 0 Å². The number of aromatic hydroxyl groups is 1. The number of anilines is 1. The lowest BCUT2D eigenvalue weighted by Gasteiger charge is -2.36. The maximum absolute atomic E-state index is 12.6. The summed E-state index contributed by atoms with van der Waals surface area (Å²) in [5, 5.41) is 15.0. The summed E-state index contributed by atoms with van der Waals surface area (Å²) in [4.78, 5) is 19.7. The topological polar surface area (TPSA) is 101 Å². The smallest absolute Gasteiger partial charge is 0.176 e. The van der Waals surface area contributed by atoms with Gasteiger partial charge < -0.3 is 25.8 Å². The van der Waals surface area contributed by atoms with Gasteiger partial charge in [-0.15, -0.1) is 0 Å². The number of fused-ring (bicyclic) bond motifs is 1. The Bertz CT molecular complexity index is 1320. The highest BCUT2D eigenvalue weighted by Crippen LogP contribution is 2.40. The Hall–Kier alpha value is -2.87. The van der Waals surface area contributed by atoms with Gasteiger partial charge in [0.1, 0.15) is 0 Å². The number of ether oxygens (including phenoxy) is 1. The lowest BCUT2D eigenvalue weighted by molar-refractivity contribution is 0.101. The Morgan fingerprint density at radius 1 is 1.18 bits per heavy atom. The number of aromatic nitrogens is 1. The molecule has 1 aromatic heterocycles. The molecule has 1 saturated carbocycles. The van der Waals surface area contributed by atoms with Crippen molar-refractivity contribution in [2.45, 2.75) is 57.5 Å². The maximum atomic E-state index is 12.6. The largest absolute Gasteiger partial charge is 0.503 e. The minimum absolute atomic E-state index is 0.0169. The van der Waals surface area contributed by atoms with E-state index in [4.69, 9.17) is 22.1 Å². The first-order valence-electron chi connectivity index (χ1n) is 13.6. The predicted octanol–water partition coefficient (Wildman–Crippen LogP) is 5.87. The Balaban J connectivity index is 1.39. The van der Waals surface area contributed by atoms with Crippen molar-refractivity contribution >= 4 is 34.0 Å². The molecule has 0 spiro atoms. The van der Waals surface area contributed by atoms with E-state index in [0.29, 0.717) is 29.3 Å². The highest BCUT2D eigenvalue weighted by Gasteiger charge is 2.26. The van der Waals surface area contributed by atoms with Gasteiger partial charge in [0.05, 0.1) is 28.9 Å². The van der Waals surface area contributed by atoms with Gasteiger partial charge in [0.25, 0.3) is 0 Å². The van der Waals surface area contributed by atoms with E-state index >= 15 is 0 Å². The van der Waals surface area contributed by atoms with Crippen LogP contribution in [0.15, 0.2) is 36.5 Å². The number of ketones is 1. The number of phenols is 1. The maximum Gasteiger partial charge on any atom is 0.176 e. The number of Topliss-reactive ketones (excluding diaryl/α,β-unsaturated/α-hetero) is 1. The average molecular weight is 537 g/mol. The number of pyridine rings is 1. The van der Waals surface area contributed by atoms with Crippen LogP contribution in [0.3, 0.4) is 0 Å². The highest BCUT2D eigenvalue weighted by atomic mass is 35.5. The summed E-state index contributed by atoms with van der Waals surface area (Å²) in [6.07, 6.45) is 8.48. The number of piperidine rings is 1. The van der Waals surface area contributed by atoms with Crippen LogP contribution in [-0.2, 0) is 0 Å². The molecule has 4 N–H and O–H groups in total. The minimum Gasteiger partial charge on any atom is -0.503 e. The molecule has 1 saturated heterocycles. The molecule has 2 heterocycles. The number of rotatable bonds is 7. The quantitative estimate of drug-likeness (QED) is 0.325. The van der Waals surface area contributed by atoms with Gasteiger partial charge in [-0.05, 0) is 93.3 Å². The molecule has 7 nitrogen and oxygen atoms in total. The van der Waals surface area contributed by atoms with E-state index in [2.05, 4.69) is 15.2 Å². The Labute approximate surface area is 229 Å². The molecule has 1 aliphatic carbocycles. The number of nitrogens with two attached hydrogens (primary N) is 1. The summed E-state index contributed by atoms with van der Waals surface area (Å²) >= 11 is 6.26. The van der Waals surface area contributed by atoms with Crippen LogP contribution in [0.2, 0.25) is 5.02 Å². The second-order valence-electron chi connectivity index (χ2n) is 10.9. The number of halogens is 1.